The summed E-state index contributed by atoms with van der Waals surface area (Å²) in [6, 6.07) is 16.3. The normalized spacial score (nSPS) is 11.2. The summed E-state index contributed by atoms with van der Waals surface area (Å²) < 4.78 is 0.995. The second-order valence-electron chi connectivity index (χ2n) is 4.65. The Balaban J connectivity index is 1.94. The number of aromatic carboxylic acids is 1. The van der Waals surface area contributed by atoms with Crippen molar-refractivity contribution in [3.63, 3.8) is 0 Å². The monoisotopic (exact) mass is 321 g/mol. The lowest BCUT2D eigenvalue weighted by atomic mass is 10.2. The molecule has 0 aliphatic carbocycles. The molecule has 2 N–H and O–H groups in total. The van der Waals surface area contributed by atoms with E-state index in [-0.39, 0.29) is 5.56 Å². The summed E-state index contributed by atoms with van der Waals surface area (Å²) in [5.74, 6) is -1.03. The molecule has 0 spiro atoms. The molecule has 0 bridgehead atoms. The molecule has 0 unspecified atom stereocenters. The number of para-hydroxylation sites is 2. The third kappa shape index (κ3) is 3.05. The third-order valence-electron chi connectivity index (χ3n) is 3.17. The fourth-order valence-corrected chi connectivity index (χ4v) is 3.01. The van der Waals surface area contributed by atoms with Gasteiger partial charge in [0.2, 0.25) is 0 Å². The minimum atomic E-state index is -1.03. The molecule has 1 heterocycles. The van der Waals surface area contributed by atoms with Crippen molar-refractivity contribution < 1.29 is 9.90 Å². The van der Waals surface area contributed by atoms with Gasteiger partial charge in [-0.15, -0.1) is 11.3 Å². The van der Waals surface area contributed by atoms with E-state index in [0.717, 1.165) is 10.2 Å². The van der Waals surface area contributed by atoms with Crippen molar-refractivity contribution in [3.05, 3.63) is 65.3 Å². The van der Waals surface area contributed by atoms with Gasteiger partial charge in [-0.1, -0.05) is 24.3 Å². The molecule has 3 aromatic rings. The Morgan fingerprint density at radius 2 is 1.96 bits per heavy atom. The van der Waals surface area contributed by atoms with Crippen molar-refractivity contribution in [3.8, 4) is 6.07 Å². The average molecular weight is 321 g/mol. The standard InChI is InChI=1S/C17H11N3O2S/c18-9-11(16-20-14-7-3-4-8-15(14)23-16)10-19-13-6-2-1-5-12(13)17(21)22/h1-8,10,19H,(H,21,22)/b11-10+. The molecule has 2 aromatic carbocycles. The predicted octanol–water partition coefficient (Wildman–Crippen LogP) is 3.97. The van der Waals surface area contributed by atoms with Gasteiger partial charge in [0.15, 0.2) is 0 Å². The Morgan fingerprint density at radius 1 is 1.22 bits per heavy atom. The number of carbonyl (C=O) groups is 1. The zero-order chi connectivity index (χ0) is 16.2. The Hall–Kier alpha value is -3.17. The number of nitriles is 1. The summed E-state index contributed by atoms with van der Waals surface area (Å²) in [6.45, 7) is 0. The number of hydrogen-bond acceptors (Lipinski definition) is 5. The van der Waals surface area contributed by atoms with Gasteiger partial charge in [-0.05, 0) is 24.3 Å². The SMILES string of the molecule is N#C/C(=C\Nc1ccccc1C(=O)O)c1nc2ccccc2s1. The quantitative estimate of drug-likeness (QED) is 0.710. The van der Waals surface area contributed by atoms with Gasteiger partial charge in [0.25, 0.3) is 0 Å². The largest absolute Gasteiger partial charge is 0.478 e. The van der Waals surface area contributed by atoms with Crippen LogP contribution < -0.4 is 5.32 Å². The summed E-state index contributed by atoms with van der Waals surface area (Å²) in [7, 11) is 0. The van der Waals surface area contributed by atoms with Gasteiger partial charge in [-0.2, -0.15) is 5.26 Å². The number of allylic oxidation sites excluding steroid dienone is 1. The summed E-state index contributed by atoms with van der Waals surface area (Å²) in [6.07, 6.45) is 1.49. The highest BCUT2D eigenvalue weighted by molar-refractivity contribution is 7.19. The zero-order valence-corrected chi connectivity index (χ0v) is 12.7. The van der Waals surface area contributed by atoms with Gasteiger partial charge in [-0.25, -0.2) is 9.78 Å². The number of rotatable bonds is 4. The molecule has 0 radical (unpaired) electrons. The number of thiazole rings is 1. The van der Waals surface area contributed by atoms with Crippen LogP contribution in [0.4, 0.5) is 5.69 Å². The van der Waals surface area contributed by atoms with Crippen molar-refractivity contribution in [2.75, 3.05) is 5.32 Å². The number of hydrogen-bond donors (Lipinski definition) is 2. The van der Waals surface area contributed by atoms with E-state index in [4.69, 9.17) is 5.11 Å². The smallest absolute Gasteiger partial charge is 0.337 e. The molecule has 0 fully saturated rings. The average Bonchev–Trinajstić information content (AvgIpc) is 2.99. The fourth-order valence-electron chi connectivity index (χ4n) is 2.07. The molecular formula is C17H11N3O2S. The first-order valence-corrected chi connectivity index (χ1v) is 7.56. The lowest BCUT2D eigenvalue weighted by Gasteiger charge is -2.05. The number of anilines is 1. The molecule has 0 amide bonds. The van der Waals surface area contributed by atoms with Gasteiger partial charge in [0.1, 0.15) is 16.6 Å². The second-order valence-corrected chi connectivity index (χ2v) is 5.68. The molecule has 6 heteroatoms. The van der Waals surface area contributed by atoms with E-state index < -0.39 is 5.97 Å². The van der Waals surface area contributed by atoms with Crippen molar-refractivity contribution >= 4 is 38.8 Å². The molecule has 5 nitrogen and oxygen atoms in total. The van der Waals surface area contributed by atoms with E-state index in [1.165, 1.54) is 23.6 Å². The van der Waals surface area contributed by atoms with E-state index in [9.17, 15) is 10.1 Å². The minimum absolute atomic E-state index is 0.144. The molecule has 0 saturated carbocycles. The van der Waals surface area contributed by atoms with Crippen LogP contribution in [0.5, 0.6) is 0 Å². The molecule has 23 heavy (non-hydrogen) atoms. The van der Waals surface area contributed by atoms with E-state index in [2.05, 4.69) is 16.4 Å². The van der Waals surface area contributed by atoms with Crippen LogP contribution in [-0.4, -0.2) is 16.1 Å². The van der Waals surface area contributed by atoms with Gasteiger partial charge in [0.05, 0.1) is 21.5 Å². The first kappa shape index (κ1) is 14.8. The van der Waals surface area contributed by atoms with E-state index in [1.807, 2.05) is 24.3 Å². The summed E-state index contributed by atoms with van der Waals surface area (Å²) in [4.78, 5) is 15.6. The van der Waals surface area contributed by atoms with Gasteiger partial charge >= 0.3 is 5.97 Å². The molecule has 0 saturated heterocycles. The number of benzene rings is 2. The molecular weight excluding hydrogens is 310 g/mol. The number of nitrogens with one attached hydrogen (secondary N) is 1. The highest BCUT2D eigenvalue weighted by Gasteiger charge is 2.10. The maximum Gasteiger partial charge on any atom is 0.337 e. The maximum atomic E-state index is 11.2. The van der Waals surface area contributed by atoms with Gasteiger partial charge in [-0.3, -0.25) is 0 Å². The van der Waals surface area contributed by atoms with Crippen LogP contribution in [0.2, 0.25) is 0 Å². The number of carboxylic acid groups (broad SMARTS) is 1. The molecule has 0 aliphatic heterocycles. The lowest BCUT2D eigenvalue weighted by Crippen LogP contribution is -2.02. The van der Waals surface area contributed by atoms with Crippen LogP contribution >= 0.6 is 11.3 Å². The fraction of sp³-hybridized carbons (Fsp3) is 0. The van der Waals surface area contributed by atoms with Gasteiger partial charge in [0, 0.05) is 6.20 Å². The molecule has 1 aromatic heterocycles. The van der Waals surface area contributed by atoms with Crippen molar-refractivity contribution in [1.82, 2.24) is 4.98 Å². The highest BCUT2D eigenvalue weighted by atomic mass is 32.1. The number of nitrogens with zero attached hydrogens (tertiary/aromatic N) is 2. The Morgan fingerprint density at radius 3 is 2.70 bits per heavy atom. The number of carboxylic acids is 1. The van der Waals surface area contributed by atoms with Crippen molar-refractivity contribution in [2.45, 2.75) is 0 Å². The molecule has 3 rings (SSSR count). The van der Waals surface area contributed by atoms with Crippen molar-refractivity contribution in [2.24, 2.45) is 0 Å². The summed E-state index contributed by atoms with van der Waals surface area (Å²) in [5, 5.41) is 22.0. The Bertz CT molecular complexity index is 921. The van der Waals surface area contributed by atoms with Gasteiger partial charge < -0.3 is 10.4 Å². The Labute approximate surface area is 136 Å². The maximum absolute atomic E-state index is 11.2. The molecule has 112 valence electrons. The topological polar surface area (TPSA) is 86.0 Å². The Kier molecular flexibility index (Phi) is 4.04. The number of aromatic nitrogens is 1. The first-order valence-electron chi connectivity index (χ1n) is 6.74. The van der Waals surface area contributed by atoms with E-state index in [1.54, 1.807) is 18.2 Å². The van der Waals surface area contributed by atoms with Crippen LogP contribution in [0.15, 0.2) is 54.7 Å². The summed E-state index contributed by atoms with van der Waals surface area (Å²) in [5.41, 5.74) is 1.75. The van der Waals surface area contributed by atoms with Crippen LogP contribution in [0, 0.1) is 11.3 Å². The predicted molar refractivity (Wildman–Crippen MR) is 90.2 cm³/mol. The van der Waals surface area contributed by atoms with Crippen LogP contribution in [0.3, 0.4) is 0 Å². The zero-order valence-electron chi connectivity index (χ0n) is 11.9. The lowest BCUT2D eigenvalue weighted by molar-refractivity contribution is 0.0698. The van der Waals surface area contributed by atoms with Crippen LogP contribution in [-0.2, 0) is 0 Å². The van der Waals surface area contributed by atoms with E-state index in [0.29, 0.717) is 16.3 Å². The molecule has 0 atom stereocenters. The second kappa shape index (κ2) is 6.30. The third-order valence-corrected chi connectivity index (χ3v) is 4.24. The number of fused-ring (bicyclic) bond motifs is 1. The van der Waals surface area contributed by atoms with Crippen LogP contribution in [0.1, 0.15) is 15.4 Å². The minimum Gasteiger partial charge on any atom is -0.478 e. The van der Waals surface area contributed by atoms with Crippen molar-refractivity contribution in [1.29, 1.82) is 5.26 Å². The summed E-state index contributed by atoms with van der Waals surface area (Å²) >= 11 is 1.42. The first-order chi connectivity index (χ1) is 11.2. The molecule has 0 aliphatic rings. The van der Waals surface area contributed by atoms with E-state index >= 15 is 0 Å². The highest BCUT2D eigenvalue weighted by Crippen LogP contribution is 2.27. The van der Waals surface area contributed by atoms with Crippen LogP contribution in [0.25, 0.3) is 15.8 Å².